The first-order valence-electron chi connectivity index (χ1n) is 7.23. The molecule has 0 atom stereocenters. The van der Waals surface area contributed by atoms with Gasteiger partial charge in [-0.05, 0) is 31.2 Å². The summed E-state index contributed by atoms with van der Waals surface area (Å²) < 4.78 is 28.1. The lowest BCUT2D eigenvalue weighted by atomic mass is 10.2. The van der Waals surface area contributed by atoms with Crippen molar-refractivity contribution in [2.45, 2.75) is 32.2 Å². The fraction of sp³-hybridized carbons (Fsp3) is 0.400. The minimum atomic E-state index is -3.55. The molecule has 2 aromatic rings. The maximum Gasteiger partial charge on any atom is 0.352 e. The fourth-order valence-electron chi connectivity index (χ4n) is 2.64. The molecule has 1 heterocycles. The van der Waals surface area contributed by atoms with Crippen LogP contribution in [-0.2, 0) is 16.6 Å². The highest BCUT2D eigenvalue weighted by Gasteiger charge is 2.23. The Morgan fingerprint density at radius 1 is 1.18 bits per heavy atom. The van der Waals surface area contributed by atoms with Crippen molar-refractivity contribution in [1.29, 1.82) is 0 Å². The molecule has 0 aliphatic heterocycles. The zero-order valence-electron chi connectivity index (χ0n) is 12.9. The summed E-state index contributed by atoms with van der Waals surface area (Å²) in [5.74, 6) is -1.02. The molecule has 0 fully saturated rings. The first kappa shape index (κ1) is 16.5. The van der Waals surface area contributed by atoms with Crippen LogP contribution in [0.5, 0.6) is 0 Å². The molecule has 7 heteroatoms. The van der Waals surface area contributed by atoms with Crippen molar-refractivity contribution in [1.82, 2.24) is 8.87 Å². The topological polar surface area (TPSA) is 79.6 Å². The van der Waals surface area contributed by atoms with Gasteiger partial charge in [0.2, 0.25) is 10.0 Å². The Morgan fingerprint density at radius 3 is 2.32 bits per heavy atom. The Bertz CT molecular complexity index is 804. The first-order valence-corrected chi connectivity index (χ1v) is 8.67. The van der Waals surface area contributed by atoms with Gasteiger partial charge >= 0.3 is 5.97 Å². The van der Waals surface area contributed by atoms with Gasteiger partial charge in [0.15, 0.2) is 0 Å². The molecular weight excluding hydrogens is 304 g/mol. The molecular formula is C15H20N2O4S. The molecule has 0 bridgehead atoms. The minimum Gasteiger partial charge on any atom is -0.477 e. The average molecular weight is 324 g/mol. The second-order valence-electron chi connectivity index (χ2n) is 4.89. The van der Waals surface area contributed by atoms with Crippen LogP contribution < -0.4 is 0 Å². The van der Waals surface area contributed by atoms with Crippen LogP contribution in [0.4, 0.5) is 0 Å². The number of nitrogens with zero attached hydrogens (tertiary/aromatic N) is 2. The highest BCUT2D eigenvalue weighted by atomic mass is 32.2. The molecule has 22 heavy (non-hydrogen) atoms. The summed E-state index contributed by atoms with van der Waals surface area (Å²) in [6, 6.07) is 6.26. The first-order chi connectivity index (χ1) is 10.4. The van der Waals surface area contributed by atoms with E-state index in [0.717, 1.165) is 5.52 Å². The number of hydrogen-bond acceptors (Lipinski definition) is 3. The van der Waals surface area contributed by atoms with Gasteiger partial charge in [-0.1, -0.05) is 13.8 Å². The average Bonchev–Trinajstić information content (AvgIpc) is 2.86. The van der Waals surface area contributed by atoms with Gasteiger partial charge in [-0.2, -0.15) is 4.31 Å². The summed E-state index contributed by atoms with van der Waals surface area (Å²) in [5.41, 5.74) is 0.883. The van der Waals surface area contributed by atoms with E-state index in [9.17, 15) is 18.3 Å². The maximum atomic E-state index is 12.5. The lowest BCUT2D eigenvalue weighted by molar-refractivity contribution is 0.0686. The van der Waals surface area contributed by atoms with Crippen LogP contribution in [0.3, 0.4) is 0 Å². The van der Waals surface area contributed by atoms with Crippen LogP contribution in [0, 0.1) is 0 Å². The Hall–Kier alpha value is -1.86. The number of rotatable bonds is 6. The monoisotopic (exact) mass is 324 g/mol. The van der Waals surface area contributed by atoms with Crippen LogP contribution in [0.2, 0.25) is 0 Å². The van der Waals surface area contributed by atoms with Crippen molar-refractivity contribution < 1.29 is 18.3 Å². The molecule has 2 rings (SSSR count). The van der Waals surface area contributed by atoms with Crippen molar-refractivity contribution in [3.8, 4) is 0 Å². The molecule has 1 N–H and O–H groups in total. The molecule has 0 amide bonds. The lowest BCUT2D eigenvalue weighted by Gasteiger charge is -2.18. The van der Waals surface area contributed by atoms with Crippen LogP contribution in [0.1, 0.15) is 31.3 Å². The molecule has 0 saturated carbocycles. The number of aromatic nitrogens is 1. The molecule has 1 aromatic carbocycles. The second-order valence-corrected chi connectivity index (χ2v) is 6.83. The van der Waals surface area contributed by atoms with Crippen molar-refractivity contribution in [2.24, 2.45) is 0 Å². The third-order valence-corrected chi connectivity index (χ3v) is 5.80. The number of fused-ring (bicyclic) bond motifs is 1. The van der Waals surface area contributed by atoms with E-state index in [1.807, 2.05) is 6.92 Å². The van der Waals surface area contributed by atoms with Gasteiger partial charge in [-0.25, -0.2) is 13.2 Å². The van der Waals surface area contributed by atoms with E-state index in [1.54, 1.807) is 30.5 Å². The fourth-order valence-corrected chi connectivity index (χ4v) is 4.13. The molecule has 0 radical (unpaired) electrons. The molecule has 0 saturated heterocycles. The number of benzene rings is 1. The van der Waals surface area contributed by atoms with Crippen LogP contribution >= 0.6 is 0 Å². The predicted octanol–water partition coefficient (Wildman–Crippen LogP) is 2.39. The van der Waals surface area contributed by atoms with Crippen molar-refractivity contribution in [2.75, 3.05) is 13.1 Å². The Kier molecular flexibility index (Phi) is 4.58. The smallest absolute Gasteiger partial charge is 0.352 e. The van der Waals surface area contributed by atoms with E-state index < -0.39 is 16.0 Å². The Morgan fingerprint density at radius 2 is 1.82 bits per heavy atom. The quantitative estimate of drug-likeness (QED) is 0.885. The standard InChI is InChI=1S/C15H20N2O4S/c1-4-16(5-2)22(20,21)12-7-8-13-11(9-12)10-14(15(18)19)17(13)6-3/h7-10H,4-6H2,1-3H3,(H,18,19). The molecule has 0 spiro atoms. The third-order valence-electron chi connectivity index (χ3n) is 3.75. The van der Waals surface area contributed by atoms with Gasteiger partial charge < -0.3 is 9.67 Å². The zero-order valence-corrected chi connectivity index (χ0v) is 13.7. The summed E-state index contributed by atoms with van der Waals surface area (Å²) in [6.07, 6.45) is 0. The predicted molar refractivity (Wildman–Crippen MR) is 84.7 cm³/mol. The van der Waals surface area contributed by atoms with Crippen LogP contribution in [0.15, 0.2) is 29.2 Å². The molecule has 0 unspecified atom stereocenters. The number of carbonyl (C=O) groups is 1. The third kappa shape index (κ3) is 2.62. The summed E-state index contributed by atoms with van der Waals surface area (Å²) in [7, 11) is -3.55. The number of hydrogen-bond donors (Lipinski definition) is 1. The highest BCUT2D eigenvalue weighted by Crippen LogP contribution is 2.25. The van der Waals surface area contributed by atoms with Gasteiger partial charge in [-0.3, -0.25) is 0 Å². The van der Waals surface area contributed by atoms with E-state index in [0.29, 0.717) is 25.0 Å². The highest BCUT2D eigenvalue weighted by molar-refractivity contribution is 7.89. The molecule has 1 aromatic heterocycles. The van der Waals surface area contributed by atoms with E-state index in [2.05, 4.69) is 0 Å². The van der Waals surface area contributed by atoms with E-state index in [-0.39, 0.29) is 10.6 Å². The van der Waals surface area contributed by atoms with Gasteiger partial charge in [0.25, 0.3) is 0 Å². The minimum absolute atomic E-state index is 0.162. The molecule has 0 aliphatic rings. The number of sulfonamides is 1. The second kappa shape index (κ2) is 6.10. The number of carboxylic acid groups (broad SMARTS) is 1. The van der Waals surface area contributed by atoms with Gasteiger partial charge in [0, 0.05) is 30.5 Å². The largest absolute Gasteiger partial charge is 0.477 e. The SMILES string of the molecule is CCN(CC)S(=O)(=O)c1ccc2c(c1)cc(C(=O)O)n2CC. The van der Waals surface area contributed by atoms with Crippen molar-refractivity contribution in [3.05, 3.63) is 30.0 Å². The Balaban J connectivity index is 2.63. The number of aryl methyl sites for hydroxylation is 1. The summed E-state index contributed by atoms with van der Waals surface area (Å²) in [4.78, 5) is 11.5. The van der Waals surface area contributed by atoms with Gasteiger partial charge in [0.1, 0.15) is 5.69 Å². The summed E-state index contributed by atoms with van der Waals surface area (Å²) >= 11 is 0. The van der Waals surface area contributed by atoms with E-state index in [1.165, 1.54) is 16.4 Å². The van der Waals surface area contributed by atoms with Crippen LogP contribution in [-0.4, -0.2) is 41.5 Å². The van der Waals surface area contributed by atoms with Crippen molar-refractivity contribution in [3.63, 3.8) is 0 Å². The molecule has 0 aliphatic carbocycles. The number of aromatic carboxylic acids is 1. The van der Waals surface area contributed by atoms with Gasteiger partial charge in [0.05, 0.1) is 4.90 Å². The zero-order chi connectivity index (χ0) is 16.5. The normalized spacial score (nSPS) is 12.2. The maximum absolute atomic E-state index is 12.5. The lowest BCUT2D eigenvalue weighted by Crippen LogP contribution is -2.30. The van der Waals surface area contributed by atoms with Gasteiger partial charge in [-0.15, -0.1) is 0 Å². The van der Waals surface area contributed by atoms with Crippen molar-refractivity contribution >= 4 is 26.9 Å². The molecule has 6 nitrogen and oxygen atoms in total. The summed E-state index contributed by atoms with van der Waals surface area (Å²) in [6.45, 7) is 6.73. The molecule has 120 valence electrons. The van der Waals surface area contributed by atoms with E-state index in [4.69, 9.17) is 0 Å². The Labute approximate surface area is 130 Å². The van der Waals surface area contributed by atoms with Crippen LogP contribution in [0.25, 0.3) is 10.9 Å². The van der Waals surface area contributed by atoms with E-state index >= 15 is 0 Å². The number of carboxylic acids is 1. The summed E-state index contributed by atoms with van der Waals surface area (Å²) in [5, 5.41) is 9.86.